The van der Waals surface area contributed by atoms with Crippen LogP contribution >= 0.6 is 0 Å². The molecule has 5 rings (SSSR count). The van der Waals surface area contributed by atoms with Crippen molar-refractivity contribution in [1.29, 1.82) is 0 Å². The number of hydrogen-bond donors (Lipinski definition) is 2. The summed E-state index contributed by atoms with van der Waals surface area (Å²) in [5.74, 6) is -0.500. The number of carbonyl (C=O) groups excluding carboxylic acids is 2. The second kappa shape index (κ2) is 10.5. The Hall–Kier alpha value is -4.43. The van der Waals surface area contributed by atoms with E-state index in [1.165, 1.54) is 7.11 Å². The maximum atomic E-state index is 13.1. The van der Waals surface area contributed by atoms with E-state index in [0.717, 1.165) is 12.1 Å². The molecule has 1 saturated heterocycles. The normalized spacial score (nSPS) is 16.6. The summed E-state index contributed by atoms with van der Waals surface area (Å²) in [6.07, 6.45) is 0. The third-order valence-electron chi connectivity index (χ3n) is 7.09. The van der Waals surface area contributed by atoms with Crippen molar-refractivity contribution < 1.29 is 19.4 Å². The van der Waals surface area contributed by atoms with Gasteiger partial charge in [0.25, 0.3) is 5.91 Å². The molecule has 0 spiro atoms. The minimum Gasteiger partial charge on any atom is -0.494 e. The highest BCUT2D eigenvalue weighted by atomic mass is 16.5. The molecule has 0 bridgehead atoms. The number of aromatic amines is 1. The molecule has 2 heterocycles. The first-order chi connectivity index (χ1) is 18.4. The van der Waals surface area contributed by atoms with Gasteiger partial charge in [-0.05, 0) is 50.4 Å². The van der Waals surface area contributed by atoms with Gasteiger partial charge < -0.3 is 24.6 Å². The van der Waals surface area contributed by atoms with Gasteiger partial charge in [-0.3, -0.25) is 4.79 Å². The number of carbonyl (C=O) groups is 2. The molecule has 1 aliphatic heterocycles. The SMILES string of the molecule is COC(=O)c1ccc2c(C(=Nc3ccc(C(=O)N4CCN(C)C(C)C4)cc3)c3ccccc3)c(O)[nH]c2c1. The number of fused-ring (bicyclic) bond motifs is 1. The smallest absolute Gasteiger partial charge is 0.337 e. The lowest BCUT2D eigenvalue weighted by atomic mass is 10.00. The first-order valence-corrected chi connectivity index (χ1v) is 12.5. The van der Waals surface area contributed by atoms with Crippen LogP contribution in [0.25, 0.3) is 10.9 Å². The summed E-state index contributed by atoms with van der Waals surface area (Å²) in [6, 6.07) is 22.2. The Morgan fingerprint density at radius 3 is 2.37 bits per heavy atom. The second-order valence-electron chi connectivity index (χ2n) is 9.55. The lowest BCUT2D eigenvalue weighted by Gasteiger charge is -2.37. The average molecular weight is 511 g/mol. The van der Waals surface area contributed by atoms with Crippen molar-refractivity contribution in [2.75, 3.05) is 33.8 Å². The van der Waals surface area contributed by atoms with Crippen LogP contribution in [0.3, 0.4) is 0 Å². The summed E-state index contributed by atoms with van der Waals surface area (Å²) in [6.45, 7) is 4.38. The topological polar surface area (TPSA) is 98.2 Å². The van der Waals surface area contributed by atoms with Crippen molar-refractivity contribution in [3.8, 4) is 5.88 Å². The van der Waals surface area contributed by atoms with E-state index in [9.17, 15) is 14.7 Å². The number of likely N-dealkylation sites (N-methyl/N-ethyl adjacent to an activating group) is 1. The molecule has 8 nitrogen and oxygen atoms in total. The van der Waals surface area contributed by atoms with Crippen molar-refractivity contribution in [3.05, 3.63) is 95.1 Å². The molecule has 0 radical (unpaired) electrons. The summed E-state index contributed by atoms with van der Waals surface area (Å²) >= 11 is 0. The molecule has 1 aromatic heterocycles. The number of hydrogen-bond acceptors (Lipinski definition) is 6. The molecule has 1 aliphatic rings. The van der Waals surface area contributed by atoms with Gasteiger partial charge in [0.15, 0.2) is 5.88 Å². The molecular weight excluding hydrogens is 480 g/mol. The number of amides is 1. The highest BCUT2D eigenvalue weighted by Gasteiger charge is 2.25. The lowest BCUT2D eigenvalue weighted by Crippen LogP contribution is -2.51. The van der Waals surface area contributed by atoms with Gasteiger partial charge in [0.2, 0.25) is 0 Å². The minimum absolute atomic E-state index is 0.0134. The molecule has 194 valence electrons. The number of aromatic hydroxyl groups is 1. The van der Waals surface area contributed by atoms with Crippen LogP contribution in [0.1, 0.15) is 38.8 Å². The fourth-order valence-corrected chi connectivity index (χ4v) is 4.75. The molecule has 1 fully saturated rings. The van der Waals surface area contributed by atoms with Gasteiger partial charge in [0.05, 0.1) is 29.6 Å². The van der Waals surface area contributed by atoms with E-state index in [-0.39, 0.29) is 11.8 Å². The Morgan fingerprint density at radius 2 is 1.68 bits per heavy atom. The number of esters is 1. The molecule has 1 unspecified atom stereocenters. The van der Waals surface area contributed by atoms with E-state index >= 15 is 0 Å². The summed E-state index contributed by atoms with van der Waals surface area (Å²) in [4.78, 5) is 37.1. The van der Waals surface area contributed by atoms with Crippen molar-refractivity contribution in [3.63, 3.8) is 0 Å². The second-order valence-corrected chi connectivity index (χ2v) is 9.55. The van der Waals surface area contributed by atoms with Gasteiger partial charge in [0, 0.05) is 47.7 Å². The summed E-state index contributed by atoms with van der Waals surface area (Å²) < 4.78 is 4.82. The number of aliphatic imine (C=N–C) groups is 1. The molecule has 0 saturated carbocycles. The largest absolute Gasteiger partial charge is 0.494 e. The Kier molecular flexibility index (Phi) is 6.98. The molecule has 4 aromatic rings. The number of methoxy groups -OCH3 is 1. The number of ether oxygens (including phenoxy) is 1. The lowest BCUT2D eigenvalue weighted by molar-refractivity contribution is 0.0571. The monoisotopic (exact) mass is 510 g/mol. The zero-order chi connectivity index (χ0) is 26.8. The number of aromatic nitrogens is 1. The number of H-pyrrole nitrogens is 1. The molecule has 1 atom stereocenters. The Morgan fingerprint density at radius 1 is 0.974 bits per heavy atom. The van der Waals surface area contributed by atoms with Gasteiger partial charge in [-0.1, -0.05) is 36.4 Å². The Bertz CT molecular complexity index is 1510. The van der Waals surface area contributed by atoms with Crippen LogP contribution in [-0.2, 0) is 4.74 Å². The molecule has 0 aliphatic carbocycles. The van der Waals surface area contributed by atoms with Gasteiger partial charge >= 0.3 is 5.97 Å². The molecule has 3 aromatic carbocycles. The molecule has 1 amide bonds. The van der Waals surface area contributed by atoms with E-state index < -0.39 is 5.97 Å². The van der Waals surface area contributed by atoms with Gasteiger partial charge in [-0.2, -0.15) is 0 Å². The number of benzene rings is 3. The van der Waals surface area contributed by atoms with Crippen molar-refractivity contribution in [2.45, 2.75) is 13.0 Å². The Labute approximate surface area is 221 Å². The fourth-order valence-electron chi connectivity index (χ4n) is 4.75. The van der Waals surface area contributed by atoms with Crippen LogP contribution < -0.4 is 0 Å². The molecule has 2 N–H and O–H groups in total. The first kappa shape index (κ1) is 25.2. The van der Waals surface area contributed by atoms with Crippen LogP contribution in [0.4, 0.5) is 5.69 Å². The number of nitrogens with zero attached hydrogens (tertiary/aromatic N) is 3. The van der Waals surface area contributed by atoms with Crippen LogP contribution in [0.5, 0.6) is 5.88 Å². The van der Waals surface area contributed by atoms with Gasteiger partial charge in [-0.25, -0.2) is 9.79 Å². The summed E-state index contributed by atoms with van der Waals surface area (Å²) in [5.41, 5.74) is 4.13. The minimum atomic E-state index is -0.458. The average Bonchev–Trinajstić information content (AvgIpc) is 3.27. The van der Waals surface area contributed by atoms with E-state index in [0.29, 0.717) is 58.1 Å². The van der Waals surface area contributed by atoms with Crippen LogP contribution in [0, 0.1) is 0 Å². The van der Waals surface area contributed by atoms with E-state index in [4.69, 9.17) is 9.73 Å². The van der Waals surface area contributed by atoms with Gasteiger partial charge in [0.1, 0.15) is 0 Å². The van der Waals surface area contributed by atoms with Crippen molar-refractivity contribution in [1.82, 2.24) is 14.8 Å². The van der Waals surface area contributed by atoms with E-state index in [1.54, 1.807) is 30.3 Å². The van der Waals surface area contributed by atoms with E-state index in [1.807, 2.05) is 47.4 Å². The third kappa shape index (κ3) is 4.90. The number of piperazine rings is 1. The van der Waals surface area contributed by atoms with Crippen molar-refractivity contribution >= 4 is 34.2 Å². The maximum Gasteiger partial charge on any atom is 0.337 e. The predicted octanol–water partition coefficient (Wildman–Crippen LogP) is 4.61. The fraction of sp³-hybridized carbons (Fsp3) is 0.233. The standard InChI is InChI=1S/C30H30N4O4/c1-19-18-34(16-15-33(19)2)29(36)21-9-12-23(13-10-21)31-27(20-7-5-4-6-8-20)26-24-14-11-22(30(37)38-3)17-25(24)32-28(26)35/h4-14,17,19,32,35H,15-16,18H2,1-3H3. The zero-order valence-electron chi connectivity index (χ0n) is 21.6. The Balaban J connectivity index is 1.52. The highest BCUT2D eigenvalue weighted by molar-refractivity contribution is 6.22. The van der Waals surface area contributed by atoms with E-state index in [2.05, 4.69) is 23.9 Å². The predicted molar refractivity (Wildman–Crippen MR) is 147 cm³/mol. The molecule has 38 heavy (non-hydrogen) atoms. The first-order valence-electron chi connectivity index (χ1n) is 12.5. The summed E-state index contributed by atoms with van der Waals surface area (Å²) in [5, 5.41) is 11.6. The highest BCUT2D eigenvalue weighted by Crippen LogP contribution is 2.32. The molecular formula is C30H30N4O4. The van der Waals surface area contributed by atoms with Crippen molar-refractivity contribution in [2.24, 2.45) is 4.99 Å². The van der Waals surface area contributed by atoms with Crippen LogP contribution in [0.2, 0.25) is 0 Å². The van der Waals surface area contributed by atoms with Crippen LogP contribution in [0.15, 0.2) is 77.8 Å². The third-order valence-corrected chi connectivity index (χ3v) is 7.09. The van der Waals surface area contributed by atoms with Gasteiger partial charge in [-0.15, -0.1) is 0 Å². The number of rotatable bonds is 5. The summed E-state index contributed by atoms with van der Waals surface area (Å²) in [7, 11) is 3.40. The number of nitrogens with one attached hydrogen (secondary N) is 1. The van der Waals surface area contributed by atoms with Crippen LogP contribution in [-0.4, -0.2) is 77.3 Å². The maximum absolute atomic E-state index is 13.1. The molecule has 8 heteroatoms. The zero-order valence-corrected chi connectivity index (χ0v) is 21.6. The quantitative estimate of drug-likeness (QED) is 0.302.